The topological polar surface area (TPSA) is 484 Å². The molecule has 1 aliphatic heterocycles. The standard InChI is InChI=1S/C22H36N5O24P3/c23-20-9-21(25-4-24-20)27(5-26-9)22-17(40)16(39)18(47-22)19(15(38)14(37)13(36)11(34)7(32)2-29)49-53(43,44)51-54(45,46)50-52(41,42)48-8(3-30)12(35)10(33)6(31)1-28/h2-8,10-19,22,28,31-40H,1H2,(H,41,42)(H,43,44)(H,45,46)(H2,23,24,25)/t6-,7+,8+,10-,11-,12-,13+,14+,15?,16+,17-,18+,19?,22-/m1/s1. The van der Waals surface area contributed by atoms with Crippen molar-refractivity contribution in [3.8, 4) is 0 Å². The number of aldehydes is 2. The SMILES string of the molecule is Nc1ncnc2c1ncn2[C@@H]1O[C@H](C(OP(=O)(O)OP(=O)(O)OP(=O)(O)O[C@@H](C=O)[C@@H](O)[C@H](O)[C@H](O)CO)C(O)[C@@H](O)[C@@H](O)[C@H](O)[C@@H](O)C=O)[C@@H](O)[C@H]1O. The second-order valence-electron chi connectivity index (χ2n) is 11.2. The number of aliphatic hydroxyl groups excluding tert-OH is 11. The summed E-state index contributed by atoms with van der Waals surface area (Å²) in [6.07, 6.45) is -33.8. The third-order valence-corrected chi connectivity index (χ3v) is 11.8. The highest BCUT2D eigenvalue weighted by molar-refractivity contribution is 7.66. The number of nitrogens with two attached hydrogens (primary N) is 1. The predicted molar refractivity (Wildman–Crippen MR) is 164 cm³/mol. The molecule has 0 bridgehead atoms. The van der Waals surface area contributed by atoms with Crippen LogP contribution in [-0.2, 0) is 45.7 Å². The number of aromatic nitrogens is 4. The van der Waals surface area contributed by atoms with Crippen molar-refractivity contribution in [1.29, 1.82) is 0 Å². The largest absolute Gasteiger partial charge is 0.490 e. The van der Waals surface area contributed by atoms with Gasteiger partial charge in [-0.3, -0.25) is 13.6 Å². The lowest BCUT2D eigenvalue weighted by Gasteiger charge is -2.35. The second kappa shape index (κ2) is 18.3. The molecule has 2 aromatic heterocycles. The van der Waals surface area contributed by atoms with Crippen molar-refractivity contribution in [2.24, 2.45) is 0 Å². The van der Waals surface area contributed by atoms with Gasteiger partial charge >= 0.3 is 23.5 Å². The fourth-order valence-corrected chi connectivity index (χ4v) is 8.58. The number of rotatable bonds is 21. The van der Waals surface area contributed by atoms with Crippen LogP contribution in [0.15, 0.2) is 12.7 Å². The molecule has 0 radical (unpaired) electrons. The van der Waals surface area contributed by atoms with Crippen LogP contribution in [0.2, 0.25) is 0 Å². The molecule has 0 spiro atoms. The molecule has 1 fully saturated rings. The lowest BCUT2D eigenvalue weighted by Crippen LogP contribution is -2.56. The van der Waals surface area contributed by atoms with E-state index >= 15 is 0 Å². The summed E-state index contributed by atoms with van der Waals surface area (Å²) in [4.78, 5) is 64.0. The van der Waals surface area contributed by atoms with Crippen molar-refractivity contribution in [2.45, 2.75) is 85.6 Å². The molecule has 17 atom stereocenters. The molecular weight excluding hydrogens is 811 g/mol. The number of nitrogens with zero attached hydrogens (tertiary/aromatic N) is 4. The lowest BCUT2D eigenvalue weighted by atomic mass is 9.92. The van der Waals surface area contributed by atoms with Crippen LogP contribution in [0.3, 0.4) is 0 Å². The summed E-state index contributed by atoms with van der Waals surface area (Å²) in [7, 11) is -19.2. The van der Waals surface area contributed by atoms with Crippen LogP contribution >= 0.6 is 23.5 Å². The van der Waals surface area contributed by atoms with Crippen molar-refractivity contribution in [3.63, 3.8) is 0 Å². The Kier molecular flexibility index (Phi) is 15.6. The van der Waals surface area contributed by atoms with Crippen molar-refractivity contribution < 1.29 is 117 Å². The molecule has 1 saturated heterocycles. The van der Waals surface area contributed by atoms with Crippen LogP contribution in [0.1, 0.15) is 6.23 Å². The maximum atomic E-state index is 13.0. The van der Waals surface area contributed by atoms with Gasteiger partial charge in [0.1, 0.15) is 85.1 Å². The zero-order valence-electron chi connectivity index (χ0n) is 26.7. The molecule has 0 amide bonds. The Morgan fingerprint density at radius 2 is 1.35 bits per heavy atom. The number of ether oxygens (including phenoxy) is 1. The van der Waals surface area contributed by atoms with E-state index in [0.29, 0.717) is 0 Å². The van der Waals surface area contributed by atoms with Gasteiger partial charge in [0.05, 0.1) is 12.9 Å². The Labute approximate surface area is 299 Å². The van der Waals surface area contributed by atoms with Crippen LogP contribution < -0.4 is 5.73 Å². The fourth-order valence-electron chi connectivity index (χ4n) is 4.76. The highest BCUT2D eigenvalue weighted by Gasteiger charge is 2.55. The van der Waals surface area contributed by atoms with Crippen LogP contribution in [0, 0.1) is 0 Å². The minimum atomic E-state index is -6.51. The Morgan fingerprint density at radius 1 is 0.778 bits per heavy atom. The molecule has 32 heteroatoms. The van der Waals surface area contributed by atoms with E-state index < -0.39 is 122 Å². The average Bonchev–Trinajstić information content (AvgIpc) is 3.66. The first-order valence-corrected chi connectivity index (χ1v) is 19.1. The van der Waals surface area contributed by atoms with Crippen LogP contribution in [0.25, 0.3) is 11.2 Å². The van der Waals surface area contributed by atoms with Crippen molar-refractivity contribution in [1.82, 2.24) is 19.5 Å². The van der Waals surface area contributed by atoms with Crippen LogP contribution in [0.4, 0.5) is 5.82 Å². The summed E-state index contributed by atoms with van der Waals surface area (Å²) in [6, 6.07) is 0. The number of aliphatic hydroxyl groups is 11. The highest BCUT2D eigenvalue weighted by Crippen LogP contribution is 2.68. The average molecular weight is 847 g/mol. The van der Waals surface area contributed by atoms with Gasteiger partial charge < -0.3 is 90.9 Å². The number of fused-ring (bicyclic) bond motifs is 1. The van der Waals surface area contributed by atoms with E-state index in [4.69, 9.17) is 15.6 Å². The monoisotopic (exact) mass is 847 g/mol. The van der Waals surface area contributed by atoms with Gasteiger partial charge in [-0.05, 0) is 0 Å². The van der Waals surface area contributed by atoms with Gasteiger partial charge in [0, 0.05) is 0 Å². The smallest absolute Gasteiger partial charge is 0.394 e. The Morgan fingerprint density at radius 3 is 1.91 bits per heavy atom. The molecule has 16 N–H and O–H groups in total. The normalized spacial score (nSPS) is 28.3. The Balaban J connectivity index is 1.93. The van der Waals surface area contributed by atoms with E-state index in [1.54, 1.807) is 0 Å². The van der Waals surface area contributed by atoms with Gasteiger partial charge in [0.15, 0.2) is 36.4 Å². The number of anilines is 1. The Hall–Kier alpha value is -2.38. The molecule has 5 unspecified atom stereocenters. The molecule has 29 nitrogen and oxygen atoms in total. The molecule has 308 valence electrons. The van der Waals surface area contributed by atoms with Gasteiger partial charge in [-0.2, -0.15) is 8.62 Å². The first kappa shape index (κ1) is 46.0. The summed E-state index contributed by atoms with van der Waals surface area (Å²) in [6.45, 7) is -1.21. The number of phosphoric ester groups is 2. The maximum Gasteiger partial charge on any atom is 0.490 e. The van der Waals surface area contributed by atoms with Crippen LogP contribution in [-0.4, -0.2) is 189 Å². The minimum absolute atomic E-state index is 0.0645. The molecule has 0 aromatic carbocycles. The van der Waals surface area contributed by atoms with Crippen molar-refractivity contribution >= 4 is 53.0 Å². The van der Waals surface area contributed by atoms with Gasteiger partial charge in [-0.1, -0.05) is 0 Å². The second-order valence-corrected chi connectivity index (χ2v) is 15.8. The number of carbonyl (C=O) groups is 2. The molecule has 3 rings (SSSR count). The van der Waals surface area contributed by atoms with Crippen LogP contribution in [0.5, 0.6) is 0 Å². The number of carbonyl (C=O) groups excluding carboxylic acids is 2. The Bertz CT molecular complexity index is 1740. The number of hydrogen-bond donors (Lipinski definition) is 15. The highest BCUT2D eigenvalue weighted by atomic mass is 31.3. The van der Waals surface area contributed by atoms with E-state index in [9.17, 15) is 89.0 Å². The van der Waals surface area contributed by atoms with E-state index in [0.717, 1.165) is 17.2 Å². The number of nitrogen functional groups attached to an aromatic ring is 1. The molecule has 3 heterocycles. The zero-order chi connectivity index (χ0) is 41.1. The summed E-state index contributed by atoms with van der Waals surface area (Å²) in [5.41, 5.74) is 5.52. The fraction of sp³-hybridized carbons (Fsp3) is 0.682. The van der Waals surface area contributed by atoms with Crippen molar-refractivity contribution in [3.05, 3.63) is 12.7 Å². The molecule has 54 heavy (non-hydrogen) atoms. The predicted octanol–water partition coefficient (Wildman–Crippen LogP) is -7.59. The summed E-state index contributed by atoms with van der Waals surface area (Å²) in [5.74, 6) is -0.170. The molecule has 2 aromatic rings. The van der Waals surface area contributed by atoms with E-state index in [1.807, 2.05) is 0 Å². The zero-order valence-corrected chi connectivity index (χ0v) is 29.3. The van der Waals surface area contributed by atoms with E-state index in [1.165, 1.54) is 0 Å². The van der Waals surface area contributed by atoms with E-state index in [2.05, 4.69) is 32.6 Å². The van der Waals surface area contributed by atoms with E-state index in [-0.39, 0.29) is 23.3 Å². The first-order chi connectivity index (χ1) is 24.9. The molecular formula is C22H36N5O24P3. The minimum Gasteiger partial charge on any atom is -0.394 e. The van der Waals surface area contributed by atoms with Gasteiger partial charge in [-0.15, -0.1) is 0 Å². The molecule has 1 aliphatic rings. The maximum absolute atomic E-state index is 13.0. The first-order valence-electron chi connectivity index (χ1n) is 14.6. The summed E-state index contributed by atoms with van der Waals surface area (Å²) < 4.78 is 60.9. The number of imidazole rings is 1. The van der Waals surface area contributed by atoms with Gasteiger partial charge in [-0.25, -0.2) is 28.6 Å². The third-order valence-electron chi connectivity index (χ3n) is 7.46. The molecule has 0 aliphatic carbocycles. The van der Waals surface area contributed by atoms with Gasteiger partial charge in [0.2, 0.25) is 0 Å². The summed E-state index contributed by atoms with van der Waals surface area (Å²) >= 11 is 0. The van der Waals surface area contributed by atoms with Crippen molar-refractivity contribution in [2.75, 3.05) is 12.3 Å². The quantitative estimate of drug-likeness (QED) is 0.0410. The summed E-state index contributed by atoms with van der Waals surface area (Å²) in [5, 5.41) is 111. The third kappa shape index (κ3) is 10.7. The number of phosphoric acid groups is 3. The van der Waals surface area contributed by atoms with Gasteiger partial charge in [0.25, 0.3) is 0 Å². The molecule has 0 saturated carbocycles. The number of hydrogen-bond acceptors (Lipinski definition) is 25. The lowest BCUT2D eigenvalue weighted by molar-refractivity contribution is -0.177.